The molecule has 0 saturated carbocycles. The summed E-state index contributed by atoms with van der Waals surface area (Å²) in [4.78, 5) is 26.2. The third-order valence-corrected chi connectivity index (χ3v) is 10.8. The van der Waals surface area contributed by atoms with E-state index in [1.165, 1.54) is 6.92 Å². The second-order valence-corrected chi connectivity index (χ2v) is 16.2. The molecule has 2 rings (SSSR count). The highest BCUT2D eigenvalue weighted by Crippen LogP contribution is 2.40. The molecule has 0 bridgehead atoms. The highest BCUT2D eigenvalue weighted by molar-refractivity contribution is 5.70. The highest BCUT2D eigenvalue weighted by Gasteiger charge is 2.49. The van der Waals surface area contributed by atoms with Gasteiger partial charge in [0.15, 0.2) is 25.2 Å². The SMILES string of the molecule is CCOC(C)OC1CCC(C)(OC(C)OCC)C(OC(C)=O)/C=C/C(C)C(/C(C)=C/C=C/C(C)(CC2OC2C(C)C(CC)OC(C)OCC)OC(C)OCC)OC(=O)C1. The zero-order chi connectivity index (χ0) is 44.3. The van der Waals surface area contributed by atoms with Crippen LogP contribution in [-0.4, -0.2) is 111 Å². The maximum absolute atomic E-state index is 13.7. The van der Waals surface area contributed by atoms with Crippen molar-refractivity contribution in [3.05, 3.63) is 36.0 Å². The summed E-state index contributed by atoms with van der Waals surface area (Å²) in [6.07, 6.45) is 7.93. The molecule has 14 atom stereocenters. The fraction of sp³-hybridized carbons (Fsp3) is 0.826. The average Bonchev–Trinajstić information content (AvgIpc) is 3.91. The van der Waals surface area contributed by atoms with Gasteiger partial charge in [0.25, 0.3) is 0 Å². The van der Waals surface area contributed by atoms with E-state index in [-0.39, 0.29) is 42.9 Å². The Bertz CT molecular complexity index is 1320. The molecule has 0 aromatic rings. The van der Waals surface area contributed by atoms with E-state index in [0.717, 1.165) is 12.0 Å². The molecule has 0 aromatic heterocycles. The highest BCUT2D eigenvalue weighted by atomic mass is 16.7. The van der Waals surface area contributed by atoms with Crippen LogP contribution < -0.4 is 0 Å². The van der Waals surface area contributed by atoms with Crippen molar-refractivity contribution in [3.63, 3.8) is 0 Å². The van der Waals surface area contributed by atoms with Gasteiger partial charge in [-0.05, 0) is 107 Å². The predicted molar refractivity (Wildman–Crippen MR) is 226 cm³/mol. The summed E-state index contributed by atoms with van der Waals surface area (Å²) in [7, 11) is 0. The summed E-state index contributed by atoms with van der Waals surface area (Å²) in [5.74, 6) is -1.02. The average molecular weight is 841 g/mol. The smallest absolute Gasteiger partial charge is 0.309 e. The molecule has 342 valence electrons. The number of epoxide rings is 1. The fourth-order valence-electron chi connectivity index (χ4n) is 7.85. The molecule has 0 aliphatic carbocycles. The number of rotatable bonds is 25. The Balaban J connectivity index is 2.48. The minimum atomic E-state index is -1.02. The third-order valence-electron chi connectivity index (χ3n) is 10.8. The van der Waals surface area contributed by atoms with E-state index < -0.39 is 60.3 Å². The van der Waals surface area contributed by atoms with Gasteiger partial charge in [-0.3, -0.25) is 9.59 Å². The summed E-state index contributed by atoms with van der Waals surface area (Å²) in [5.41, 5.74) is -0.961. The largest absolute Gasteiger partial charge is 0.457 e. The van der Waals surface area contributed by atoms with Crippen LogP contribution in [0.25, 0.3) is 0 Å². The first kappa shape index (κ1) is 52.9. The van der Waals surface area contributed by atoms with Crippen LogP contribution in [-0.2, 0) is 61.7 Å². The molecule has 1 saturated heterocycles. The first-order valence-corrected chi connectivity index (χ1v) is 22.0. The monoisotopic (exact) mass is 841 g/mol. The zero-order valence-corrected chi connectivity index (χ0v) is 39.0. The van der Waals surface area contributed by atoms with E-state index in [1.807, 2.05) is 107 Å². The number of cyclic esters (lactones) is 1. The Kier molecular flexibility index (Phi) is 23.6. The van der Waals surface area contributed by atoms with Crippen molar-refractivity contribution in [1.29, 1.82) is 0 Å². The van der Waals surface area contributed by atoms with E-state index in [9.17, 15) is 9.59 Å². The van der Waals surface area contributed by atoms with Crippen LogP contribution in [0.3, 0.4) is 0 Å². The maximum Gasteiger partial charge on any atom is 0.309 e. The Hall–Kier alpha value is -2.20. The summed E-state index contributed by atoms with van der Waals surface area (Å²) in [6, 6.07) is 0. The van der Waals surface area contributed by atoms with Gasteiger partial charge in [0.2, 0.25) is 0 Å². The molecule has 59 heavy (non-hydrogen) atoms. The van der Waals surface area contributed by atoms with Crippen molar-refractivity contribution in [3.8, 4) is 0 Å². The number of carbonyl (C=O) groups is 2. The van der Waals surface area contributed by atoms with E-state index in [0.29, 0.717) is 45.7 Å². The molecule has 0 radical (unpaired) electrons. The summed E-state index contributed by atoms with van der Waals surface area (Å²) in [6.45, 7) is 30.6. The lowest BCUT2D eigenvalue weighted by Crippen LogP contribution is -2.47. The van der Waals surface area contributed by atoms with Gasteiger partial charge in [0.05, 0.1) is 36.4 Å². The van der Waals surface area contributed by atoms with Gasteiger partial charge < -0.3 is 52.1 Å². The van der Waals surface area contributed by atoms with E-state index >= 15 is 0 Å². The number of hydrogen-bond acceptors (Lipinski definition) is 13. The van der Waals surface area contributed by atoms with Crippen LogP contribution in [0, 0.1) is 11.8 Å². The summed E-state index contributed by atoms with van der Waals surface area (Å²) >= 11 is 0. The molecular formula is C46H80O13. The molecular weight excluding hydrogens is 760 g/mol. The first-order chi connectivity index (χ1) is 27.8. The first-order valence-electron chi connectivity index (χ1n) is 22.0. The topological polar surface area (TPSA) is 139 Å². The number of allylic oxidation sites excluding steroid dienone is 2. The lowest BCUT2D eigenvalue weighted by Gasteiger charge is -2.39. The fourth-order valence-corrected chi connectivity index (χ4v) is 7.85. The molecule has 14 unspecified atom stereocenters. The number of carbonyl (C=O) groups excluding carboxylic acids is 2. The molecule has 13 nitrogen and oxygen atoms in total. The number of ether oxygens (including phenoxy) is 11. The van der Waals surface area contributed by atoms with Crippen molar-refractivity contribution >= 4 is 11.9 Å². The van der Waals surface area contributed by atoms with Gasteiger partial charge >= 0.3 is 11.9 Å². The standard InChI is InChI=1S/C46H80O13/c1-16-39(55-35(11)50-18-3)32(8)44-40(56-44)29-45(14,58-36(12)51-19-4)26-21-22-30(6)43-31(7)23-24-41(53-33(9)47)46(15,59-37(13)52-20-5)27-25-38(28-42(48)57-43)54-34(10)49-17-2/h21-24,26,31-32,34-41,43-44H,16-20,25,27-29H2,1-15H3/b24-23+,26-21+,30-22+. The molecule has 1 fully saturated rings. The van der Waals surface area contributed by atoms with E-state index in [2.05, 4.69) is 13.8 Å². The number of esters is 2. The van der Waals surface area contributed by atoms with Crippen molar-refractivity contribution in [2.75, 3.05) is 26.4 Å². The zero-order valence-electron chi connectivity index (χ0n) is 39.0. The summed E-state index contributed by atoms with van der Waals surface area (Å²) < 4.78 is 66.7. The molecule has 0 amide bonds. The lowest BCUT2D eigenvalue weighted by molar-refractivity contribution is -0.230. The second kappa shape index (κ2) is 26.3. The predicted octanol–water partition coefficient (Wildman–Crippen LogP) is 8.76. The van der Waals surface area contributed by atoms with Gasteiger partial charge in [0.1, 0.15) is 17.8 Å². The van der Waals surface area contributed by atoms with Gasteiger partial charge in [-0.1, -0.05) is 45.1 Å². The van der Waals surface area contributed by atoms with Crippen LogP contribution >= 0.6 is 0 Å². The van der Waals surface area contributed by atoms with Gasteiger partial charge in [-0.2, -0.15) is 0 Å². The molecule has 0 N–H and O–H groups in total. The van der Waals surface area contributed by atoms with Crippen molar-refractivity contribution < 1.29 is 61.7 Å². The quantitative estimate of drug-likeness (QED) is 0.0285. The molecule has 0 spiro atoms. The molecule has 13 heteroatoms. The Morgan fingerprint density at radius 1 is 0.915 bits per heavy atom. The normalized spacial score (nSPS) is 30.5. The molecule has 0 aromatic carbocycles. The molecule has 2 heterocycles. The maximum atomic E-state index is 13.7. The minimum Gasteiger partial charge on any atom is -0.457 e. The summed E-state index contributed by atoms with van der Waals surface area (Å²) in [5, 5.41) is 0. The van der Waals surface area contributed by atoms with Gasteiger partial charge in [-0.15, -0.1) is 0 Å². The third kappa shape index (κ3) is 18.8. The van der Waals surface area contributed by atoms with Gasteiger partial charge in [0, 0.05) is 51.6 Å². The van der Waals surface area contributed by atoms with E-state index in [4.69, 9.17) is 52.1 Å². The van der Waals surface area contributed by atoms with Crippen LogP contribution in [0.2, 0.25) is 0 Å². The molecule has 2 aliphatic heterocycles. The molecule has 2 aliphatic rings. The number of hydrogen-bond donors (Lipinski definition) is 0. The van der Waals surface area contributed by atoms with Gasteiger partial charge in [-0.25, -0.2) is 0 Å². The van der Waals surface area contributed by atoms with Crippen LogP contribution in [0.5, 0.6) is 0 Å². The Morgan fingerprint density at radius 3 is 2.14 bits per heavy atom. The Labute approximate surface area is 356 Å². The second-order valence-electron chi connectivity index (χ2n) is 16.2. The van der Waals surface area contributed by atoms with E-state index in [1.54, 1.807) is 6.92 Å². The minimum absolute atomic E-state index is 0.00832. The van der Waals surface area contributed by atoms with Crippen molar-refractivity contribution in [1.82, 2.24) is 0 Å². The van der Waals surface area contributed by atoms with Crippen LogP contribution in [0.1, 0.15) is 136 Å². The van der Waals surface area contributed by atoms with Crippen molar-refractivity contribution in [2.45, 2.75) is 209 Å². The Morgan fingerprint density at radius 2 is 1.53 bits per heavy atom. The van der Waals surface area contributed by atoms with Crippen LogP contribution in [0.15, 0.2) is 36.0 Å². The van der Waals surface area contributed by atoms with Crippen LogP contribution in [0.4, 0.5) is 0 Å². The lowest BCUT2D eigenvalue weighted by atomic mass is 9.88. The van der Waals surface area contributed by atoms with Crippen molar-refractivity contribution in [2.24, 2.45) is 11.8 Å².